The highest BCUT2D eigenvalue weighted by Crippen LogP contribution is 2.42. The van der Waals surface area contributed by atoms with E-state index in [0.29, 0.717) is 29.9 Å². The van der Waals surface area contributed by atoms with Gasteiger partial charge in [-0.1, -0.05) is 37.3 Å². The molecule has 0 heterocycles. The summed E-state index contributed by atoms with van der Waals surface area (Å²) in [6.45, 7) is 2.10. The third-order valence-electron chi connectivity index (χ3n) is 5.27. The van der Waals surface area contributed by atoms with Crippen LogP contribution < -0.4 is 14.8 Å². The van der Waals surface area contributed by atoms with Gasteiger partial charge in [-0.05, 0) is 54.2 Å². The molecule has 0 aromatic heterocycles. The fourth-order valence-electron chi connectivity index (χ4n) is 3.64. The van der Waals surface area contributed by atoms with Crippen LogP contribution in [0.4, 0.5) is 0 Å². The fraction of sp³-hybridized carbons (Fsp3) is 0.348. The number of rotatable bonds is 7. The number of aryl methyl sites for hydroxylation is 1. The summed E-state index contributed by atoms with van der Waals surface area (Å²) in [5.41, 5.74) is 2.35. The lowest BCUT2D eigenvalue weighted by molar-refractivity contribution is -0.118. The van der Waals surface area contributed by atoms with Crippen molar-refractivity contribution in [3.8, 4) is 11.5 Å². The lowest BCUT2D eigenvalue weighted by Gasteiger charge is -2.25. The third kappa shape index (κ3) is 4.04. The lowest BCUT2D eigenvalue weighted by atomic mass is 9.95. The lowest BCUT2D eigenvalue weighted by Crippen LogP contribution is -2.39. The van der Waals surface area contributed by atoms with Gasteiger partial charge in [0, 0.05) is 5.57 Å². The summed E-state index contributed by atoms with van der Waals surface area (Å²) < 4.78 is 10.7. The van der Waals surface area contributed by atoms with Gasteiger partial charge in [-0.2, -0.15) is 0 Å². The van der Waals surface area contributed by atoms with Gasteiger partial charge in [0.2, 0.25) is 5.91 Å². The zero-order valence-electron chi connectivity index (χ0n) is 16.6. The van der Waals surface area contributed by atoms with Crippen LogP contribution in [0.5, 0.6) is 11.5 Å². The molecule has 1 aliphatic carbocycles. The number of hydrogen-bond donors (Lipinski definition) is 2. The van der Waals surface area contributed by atoms with Gasteiger partial charge in [0.1, 0.15) is 5.60 Å². The molecule has 1 unspecified atom stereocenters. The predicted octanol–water partition coefficient (Wildman–Crippen LogP) is 3.45. The number of nitrogens with one attached hydrogen (secondary N) is 1. The van der Waals surface area contributed by atoms with Gasteiger partial charge in [-0.25, -0.2) is 0 Å². The quantitative estimate of drug-likeness (QED) is 0.721. The van der Waals surface area contributed by atoms with E-state index in [1.54, 1.807) is 14.2 Å². The van der Waals surface area contributed by atoms with E-state index in [9.17, 15) is 9.90 Å². The van der Waals surface area contributed by atoms with Gasteiger partial charge in [0.05, 0.1) is 20.8 Å². The van der Waals surface area contributed by atoms with Crippen LogP contribution in [0.3, 0.4) is 0 Å². The molecule has 5 heteroatoms. The molecule has 0 fully saturated rings. The first-order valence-corrected chi connectivity index (χ1v) is 9.52. The van der Waals surface area contributed by atoms with E-state index in [2.05, 4.69) is 5.32 Å². The average molecular weight is 381 g/mol. The molecule has 28 heavy (non-hydrogen) atoms. The Bertz CT molecular complexity index is 876. The minimum Gasteiger partial charge on any atom is -0.493 e. The standard InChI is InChI=1S/C23H27NO4/c1-4-17(12-16-8-6-5-7-9-16)22(25)24-15-23(26)11-10-18-13-20(27-2)21(28-3)14-19(18)23/h5-9,12-14,26H,4,10-11,15H2,1-3H3,(H,24,25)/b17-12+. The van der Waals surface area contributed by atoms with Crippen molar-refractivity contribution in [2.45, 2.75) is 31.8 Å². The number of fused-ring (bicyclic) bond motifs is 1. The summed E-state index contributed by atoms with van der Waals surface area (Å²) in [5.74, 6) is 1.06. The number of carbonyl (C=O) groups is 1. The number of benzene rings is 2. The monoisotopic (exact) mass is 381 g/mol. The molecule has 148 valence electrons. The van der Waals surface area contributed by atoms with Crippen LogP contribution >= 0.6 is 0 Å². The van der Waals surface area contributed by atoms with Gasteiger partial charge >= 0.3 is 0 Å². The summed E-state index contributed by atoms with van der Waals surface area (Å²) >= 11 is 0. The summed E-state index contributed by atoms with van der Waals surface area (Å²) in [6.07, 6.45) is 3.77. The van der Waals surface area contributed by atoms with E-state index in [-0.39, 0.29) is 12.5 Å². The maximum absolute atomic E-state index is 12.7. The van der Waals surface area contributed by atoms with Crippen LogP contribution in [-0.2, 0) is 16.8 Å². The molecule has 0 aliphatic heterocycles. The summed E-state index contributed by atoms with van der Waals surface area (Å²) in [7, 11) is 3.17. The molecule has 0 saturated carbocycles. The molecule has 5 nitrogen and oxygen atoms in total. The number of amides is 1. The predicted molar refractivity (Wildman–Crippen MR) is 109 cm³/mol. The highest BCUT2D eigenvalue weighted by Gasteiger charge is 2.38. The highest BCUT2D eigenvalue weighted by atomic mass is 16.5. The van der Waals surface area contributed by atoms with E-state index in [1.807, 2.05) is 55.5 Å². The maximum Gasteiger partial charge on any atom is 0.247 e. The number of carbonyl (C=O) groups excluding carboxylic acids is 1. The number of methoxy groups -OCH3 is 2. The largest absolute Gasteiger partial charge is 0.493 e. The van der Waals surface area contributed by atoms with Crippen LogP contribution in [0, 0.1) is 0 Å². The maximum atomic E-state index is 12.7. The fourth-order valence-corrected chi connectivity index (χ4v) is 3.64. The van der Waals surface area contributed by atoms with Crippen molar-refractivity contribution in [1.29, 1.82) is 0 Å². The van der Waals surface area contributed by atoms with Crippen LogP contribution in [0.1, 0.15) is 36.5 Å². The van der Waals surface area contributed by atoms with Crippen molar-refractivity contribution >= 4 is 12.0 Å². The second kappa shape index (κ2) is 8.48. The van der Waals surface area contributed by atoms with E-state index in [4.69, 9.17) is 9.47 Å². The molecule has 2 aromatic carbocycles. The number of aliphatic hydroxyl groups is 1. The van der Waals surface area contributed by atoms with Gasteiger partial charge < -0.3 is 19.9 Å². The molecule has 2 aromatic rings. The Morgan fingerprint density at radius 1 is 1.18 bits per heavy atom. The number of ether oxygens (including phenoxy) is 2. The smallest absolute Gasteiger partial charge is 0.247 e. The minimum absolute atomic E-state index is 0.153. The molecule has 0 bridgehead atoms. The zero-order chi connectivity index (χ0) is 20.1. The Balaban J connectivity index is 1.76. The second-order valence-corrected chi connectivity index (χ2v) is 7.01. The van der Waals surface area contributed by atoms with Gasteiger partial charge in [0.15, 0.2) is 11.5 Å². The molecule has 1 atom stereocenters. The Labute approximate surface area is 166 Å². The minimum atomic E-state index is -1.11. The zero-order valence-corrected chi connectivity index (χ0v) is 16.6. The van der Waals surface area contributed by atoms with E-state index >= 15 is 0 Å². The third-order valence-corrected chi connectivity index (χ3v) is 5.27. The molecule has 0 saturated heterocycles. The van der Waals surface area contributed by atoms with Crippen molar-refractivity contribution in [1.82, 2.24) is 5.32 Å². The first kappa shape index (κ1) is 20.0. The molecule has 1 amide bonds. The second-order valence-electron chi connectivity index (χ2n) is 7.01. The van der Waals surface area contributed by atoms with Crippen LogP contribution in [0.2, 0.25) is 0 Å². The van der Waals surface area contributed by atoms with Crippen molar-refractivity contribution in [3.05, 3.63) is 64.7 Å². The SMILES string of the molecule is CC/C(=C\c1ccccc1)C(=O)NCC1(O)CCc2cc(OC)c(OC)cc21. The summed E-state index contributed by atoms with van der Waals surface area (Å²) in [6, 6.07) is 13.5. The summed E-state index contributed by atoms with van der Waals surface area (Å²) in [5, 5.41) is 14.1. The molecular formula is C23H27NO4. The van der Waals surface area contributed by atoms with Crippen molar-refractivity contribution in [3.63, 3.8) is 0 Å². The molecular weight excluding hydrogens is 354 g/mol. The molecule has 1 aliphatic rings. The molecule has 2 N–H and O–H groups in total. The van der Waals surface area contributed by atoms with Crippen LogP contribution in [0.25, 0.3) is 6.08 Å². The van der Waals surface area contributed by atoms with Gasteiger partial charge in [-0.3, -0.25) is 4.79 Å². The van der Waals surface area contributed by atoms with Crippen molar-refractivity contribution in [2.24, 2.45) is 0 Å². The Kier molecular flexibility index (Phi) is 6.05. The topological polar surface area (TPSA) is 67.8 Å². The van der Waals surface area contributed by atoms with Crippen LogP contribution in [-0.4, -0.2) is 31.8 Å². The Hall–Kier alpha value is -2.79. The average Bonchev–Trinajstić information content (AvgIpc) is 3.06. The van der Waals surface area contributed by atoms with E-state index < -0.39 is 5.60 Å². The summed E-state index contributed by atoms with van der Waals surface area (Å²) in [4.78, 5) is 12.7. The van der Waals surface area contributed by atoms with Crippen molar-refractivity contribution < 1.29 is 19.4 Å². The Morgan fingerprint density at radius 2 is 1.86 bits per heavy atom. The normalized spacial score (nSPS) is 18.5. The molecule has 0 radical (unpaired) electrons. The van der Waals surface area contributed by atoms with Gasteiger partial charge in [-0.15, -0.1) is 0 Å². The first-order chi connectivity index (χ1) is 13.5. The van der Waals surface area contributed by atoms with E-state index in [0.717, 1.165) is 23.1 Å². The van der Waals surface area contributed by atoms with Crippen LogP contribution in [0.15, 0.2) is 48.0 Å². The first-order valence-electron chi connectivity index (χ1n) is 9.52. The van der Waals surface area contributed by atoms with Gasteiger partial charge in [0.25, 0.3) is 0 Å². The molecule has 3 rings (SSSR count). The highest BCUT2D eigenvalue weighted by molar-refractivity contribution is 5.97. The van der Waals surface area contributed by atoms with E-state index in [1.165, 1.54) is 0 Å². The number of hydrogen-bond acceptors (Lipinski definition) is 4. The Morgan fingerprint density at radius 3 is 2.50 bits per heavy atom. The van der Waals surface area contributed by atoms with Crippen molar-refractivity contribution in [2.75, 3.05) is 20.8 Å². The molecule has 0 spiro atoms.